The van der Waals surface area contributed by atoms with E-state index >= 15 is 0 Å². The van der Waals surface area contributed by atoms with E-state index in [1.165, 1.54) is 0 Å². The molecule has 0 amide bonds. The van der Waals surface area contributed by atoms with Crippen molar-refractivity contribution >= 4 is 16.9 Å². The van der Waals surface area contributed by atoms with Gasteiger partial charge in [0.1, 0.15) is 5.75 Å². The summed E-state index contributed by atoms with van der Waals surface area (Å²) in [5.41, 5.74) is 0.532. The highest BCUT2D eigenvalue weighted by Gasteiger charge is 2.08. The second-order valence-corrected chi connectivity index (χ2v) is 3.94. The number of rotatable bonds is 4. The summed E-state index contributed by atoms with van der Waals surface area (Å²) in [4.78, 5) is 21.3. The fourth-order valence-electron chi connectivity index (χ4n) is 1.91. The summed E-state index contributed by atoms with van der Waals surface area (Å²) < 4.78 is 5.15. The molecule has 1 heterocycles. The van der Waals surface area contributed by atoms with E-state index in [4.69, 9.17) is 4.74 Å². The Kier molecular flexibility index (Phi) is 3.50. The molecule has 0 saturated carbocycles. The molecule has 2 rings (SSSR count). The lowest BCUT2D eigenvalue weighted by Gasteiger charge is -2.19. The molecule has 5 heteroatoms. The average molecular weight is 247 g/mol. The third kappa shape index (κ3) is 2.16. The molecule has 0 saturated heterocycles. The van der Waals surface area contributed by atoms with E-state index in [0.29, 0.717) is 22.6 Å². The summed E-state index contributed by atoms with van der Waals surface area (Å²) in [7, 11) is 1.60. The Morgan fingerprint density at radius 1 is 1.33 bits per heavy atom. The standard InChI is InChI=1S/C13H17N3O2/c1-4-16(5-2)13-14-11-8-9(18-3)6-7-10(11)12(17)15-13/h6-8H,4-5H2,1-3H3,(H,14,15,17). The predicted molar refractivity (Wildman–Crippen MR) is 72.5 cm³/mol. The summed E-state index contributed by atoms with van der Waals surface area (Å²) in [6.45, 7) is 5.66. The molecule has 18 heavy (non-hydrogen) atoms. The van der Waals surface area contributed by atoms with Gasteiger partial charge in [-0.15, -0.1) is 0 Å². The average Bonchev–Trinajstić information content (AvgIpc) is 2.39. The maximum atomic E-state index is 12.0. The third-order valence-electron chi connectivity index (χ3n) is 2.96. The Balaban J connectivity index is 2.62. The lowest BCUT2D eigenvalue weighted by molar-refractivity contribution is 0.415. The molecule has 0 aliphatic carbocycles. The van der Waals surface area contributed by atoms with E-state index in [1.807, 2.05) is 18.7 Å². The highest BCUT2D eigenvalue weighted by molar-refractivity contribution is 5.80. The number of benzene rings is 1. The molecular weight excluding hydrogens is 230 g/mol. The molecule has 96 valence electrons. The second-order valence-electron chi connectivity index (χ2n) is 3.94. The van der Waals surface area contributed by atoms with Gasteiger partial charge in [-0.1, -0.05) is 0 Å². The van der Waals surface area contributed by atoms with Crippen LogP contribution in [0.25, 0.3) is 10.9 Å². The summed E-state index contributed by atoms with van der Waals surface area (Å²) >= 11 is 0. The maximum absolute atomic E-state index is 12.0. The van der Waals surface area contributed by atoms with Crippen LogP contribution < -0.4 is 15.2 Å². The van der Waals surface area contributed by atoms with Crippen LogP contribution in [0, 0.1) is 0 Å². The highest BCUT2D eigenvalue weighted by atomic mass is 16.5. The molecule has 0 radical (unpaired) electrons. The van der Waals surface area contributed by atoms with Crippen LogP contribution in [0.2, 0.25) is 0 Å². The fraction of sp³-hybridized carbons (Fsp3) is 0.385. The largest absolute Gasteiger partial charge is 0.497 e. The minimum Gasteiger partial charge on any atom is -0.497 e. The Labute approximate surface area is 105 Å². The van der Waals surface area contributed by atoms with Crippen molar-refractivity contribution in [1.29, 1.82) is 0 Å². The zero-order chi connectivity index (χ0) is 13.1. The van der Waals surface area contributed by atoms with Crippen LogP contribution in [0.4, 0.5) is 5.95 Å². The SMILES string of the molecule is CCN(CC)c1nc2cc(OC)ccc2c(=O)[nH]1. The molecule has 0 bridgehead atoms. The number of aromatic nitrogens is 2. The Hall–Kier alpha value is -2.04. The number of nitrogens with zero attached hydrogens (tertiary/aromatic N) is 2. The first kappa shape index (κ1) is 12.4. The smallest absolute Gasteiger partial charge is 0.260 e. The minimum atomic E-state index is -0.121. The van der Waals surface area contributed by atoms with E-state index in [9.17, 15) is 4.79 Å². The quantitative estimate of drug-likeness (QED) is 0.894. The lowest BCUT2D eigenvalue weighted by atomic mass is 10.2. The molecule has 2 aromatic rings. The van der Waals surface area contributed by atoms with Crippen LogP contribution in [0.1, 0.15) is 13.8 Å². The zero-order valence-electron chi connectivity index (χ0n) is 10.9. The van der Waals surface area contributed by atoms with Crippen molar-refractivity contribution in [1.82, 2.24) is 9.97 Å². The van der Waals surface area contributed by atoms with Crippen LogP contribution in [0.5, 0.6) is 5.75 Å². The number of anilines is 1. The number of hydrogen-bond donors (Lipinski definition) is 1. The summed E-state index contributed by atoms with van der Waals surface area (Å²) in [6, 6.07) is 5.26. The van der Waals surface area contributed by atoms with Gasteiger partial charge in [-0.3, -0.25) is 9.78 Å². The van der Waals surface area contributed by atoms with Gasteiger partial charge >= 0.3 is 0 Å². The van der Waals surface area contributed by atoms with Gasteiger partial charge in [-0.05, 0) is 26.0 Å². The summed E-state index contributed by atoms with van der Waals surface area (Å²) in [6.07, 6.45) is 0. The number of methoxy groups -OCH3 is 1. The topological polar surface area (TPSA) is 58.2 Å². The first-order valence-electron chi connectivity index (χ1n) is 6.02. The monoisotopic (exact) mass is 247 g/mol. The van der Waals surface area contributed by atoms with E-state index < -0.39 is 0 Å². The Morgan fingerprint density at radius 3 is 2.67 bits per heavy atom. The van der Waals surface area contributed by atoms with E-state index in [1.54, 1.807) is 25.3 Å². The number of hydrogen-bond acceptors (Lipinski definition) is 4. The summed E-state index contributed by atoms with van der Waals surface area (Å²) in [5, 5.41) is 0.576. The highest BCUT2D eigenvalue weighted by Crippen LogP contribution is 2.18. The van der Waals surface area contributed by atoms with Gasteiger partial charge in [0, 0.05) is 19.2 Å². The molecule has 0 unspecified atom stereocenters. The minimum absolute atomic E-state index is 0.121. The van der Waals surface area contributed by atoms with Crippen LogP contribution in [0.15, 0.2) is 23.0 Å². The van der Waals surface area contributed by atoms with Gasteiger partial charge in [0.15, 0.2) is 0 Å². The van der Waals surface area contributed by atoms with Gasteiger partial charge in [-0.2, -0.15) is 0 Å². The molecule has 0 fully saturated rings. The lowest BCUT2D eigenvalue weighted by Crippen LogP contribution is -2.26. The van der Waals surface area contributed by atoms with Crippen molar-refractivity contribution < 1.29 is 4.74 Å². The number of nitrogens with one attached hydrogen (secondary N) is 1. The molecule has 0 atom stereocenters. The van der Waals surface area contributed by atoms with Crippen LogP contribution >= 0.6 is 0 Å². The maximum Gasteiger partial charge on any atom is 0.260 e. The van der Waals surface area contributed by atoms with Gasteiger partial charge in [0.2, 0.25) is 5.95 Å². The van der Waals surface area contributed by atoms with Crippen molar-refractivity contribution in [2.75, 3.05) is 25.1 Å². The third-order valence-corrected chi connectivity index (χ3v) is 2.96. The van der Waals surface area contributed by atoms with E-state index in [0.717, 1.165) is 13.1 Å². The van der Waals surface area contributed by atoms with Crippen molar-refractivity contribution in [3.8, 4) is 5.75 Å². The summed E-state index contributed by atoms with van der Waals surface area (Å²) in [5.74, 6) is 1.30. The molecular formula is C13H17N3O2. The van der Waals surface area contributed by atoms with Crippen LogP contribution in [-0.4, -0.2) is 30.2 Å². The van der Waals surface area contributed by atoms with Gasteiger partial charge < -0.3 is 9.64 Å². The number of aromatic amines is 1. The van der Waals surface area contributed by atoms with Crippen LogP contribution in [0.3, 0.4) is 0 Å². The van der Waals surface area contributed by atoms with Gasteiger partial charge in [-0.25, -0.2) is 4.98 Å². The molecule has 1 aromatic carbocycles. The predicted octanol–water partition coefficient (Wildman–Crippen LogP) is 1.78. The van der Waals surface area contributed by atoms with E-state index in [-0.39, 0.29) is 5.56 Å². The fourth-order valence-corrected chi connectivity index (χ4v) is 1.91. The van der Waals surface area contributed by atoms with Crippen LogP contribution in [-0.2, 0) is 0 Å². The molecule has 1 N–H and O–H groups in total. The van der Waals surface area contributed by atoms with Crippen molar-refractivity contribution in [2.45, 2.75) is 13.8 Å². The first-order chi connectivity index (χ1) is 8.69. The van der Waals surface area contributed by atoms with Gasteiger partial charge in [0.25, 0.3) is 5.56 Å². The molecule has 0 aliphatic rings. The molecule has 1 aromatic heterocycles. The number of ether oxygens (including phenoxy) is 1. The van der Waals surface area contributed by atoms with Crippen molar-refractivity contribution in [2.24, 2.45) is 0 Å². The first-order valence-corrected chi connectivity index (χ1v) is 6.02. The Morgan fingerprint density at radius 2 is 2.06 bits per heavy atom. The van der Waals surface area contributed by atoms with Crippen molar-refractivity contribution in [3.05, 3.63) is 28.6 Å². The Bertz CT molecular complexity index is 603. The van der Waals surface area contributed by atoms with Crippen molar-refractivity contribution in [3.63, 3.8) is 0 Å². The molecule has 0 spiro atoms. The number of H-pyrrole nitrogens is 1. The second kappa shape index (κ2) is 5.08. The normalized spacial score (nSPS) is 10.6. The molecule has 5 nitrogen and oxygen atoms in total. The number of fused-ring (bicyclic) bond motifs is 1. The molecule has 0 aliphatic heterocycles. The van der Waals surface area contributed by atoms with E-state index in [2.05, 4.69) is 9.97 Å². The zero-order valence-corrected chi connectivity index (χ0v) is 10.9. The van der Waals surface area contributed by atoms with Gasteiger partial charge in [0.05, 0.1) is 18.0 Å².